The maximum atomic E-state index is 13.3. The van der Waals surface area contributed by atoms with Crippen molar-refractivity contribution in [1.29, 1.82) is 0 Å². The zero-order chi connectivity index (χ0) is 21.1. The highest BCUT2D eigenvalue weighted by Gasteiger charge is 2.33. The quantitative estimate of drug-likeness (QED) is 0.498. The normalized spacial score (nSPS) is 22.5. The van der Waals surface area contributed by atoms with Crippen molar-refractivity contribution in [3.63, 3.8) is 0 Å². The van der Waals surface area contributed by atoms with E-state index in [4.69, 9.17) is 4.74 Å². The predicted molar refractivity (Wildman–Crippen MR) is 114 cm³/mol. The lowest BCUT2D eigenvalue weighted by Gasteiger charge is -2.37. The Morgan fingerprint density at radius 3 is 2.17 bits per heavy atom. The molecular formula is C21H31N3O5S. The van der Waals surface area contributed by atoms with Gasteiger partial charge in [0, 0.05) is 38.3 Å². The molecule has 2 heterocycles. The summed E-state index contributed by atoms with van der Waals surface area (Å²) < 4.78 is 34.3. The molecule has 4 rings (SSSR count). The van der Waals surface area contributed by atoms with Gasteiger partial charge in [-0.3, -0.25) is 10.1 Å². The number of benzene rings is 1. The van der Waals surface area contributed by atoms with Gasteiger partial charge in [0.25, 0.3) is 5.69 Å². The van der Waals surface area contributed by atoms with Crippen LogP contribution in [0.15, 0.2) is 23.1 Å². The lowest BCUT2D eigenvalue weighted by molar-refractivity contribution is -0.385. The Morgan fingerprint density at radius 2 is 1.53 bits per heavy atom. The van der Waals surface area contributed by atoms with Gasteiger partial charge < -0.3 is 9.64 Å². The molecule has 2 saturated heterocycles. The van der Waals surface area contributed by atoms with Gasteiger partial charge in [0.05, 0.1) is 22.8 Å². The molecule has 0 spiro atoms. The lowest BCUT2D eigenvalue weighted by Crippen LogP contribution is -2.40. The Hall–Kier alpha value is -1.71. The largest absolute Gasteiger partial charge is 0.375 e. The molecule has 8 nitrogen and oxygen atoms in total. The number of hydrogen-bond donors (Lipinski definition) is 0. The number of rotatable bonds is 6. The van der Waals surface area contributed by atoms with Crippen LogP contribution in [0.2, 0.25) is 0 Å². The Bertz CT molecular complexity index is 855. The summed E-state index contributed by atoms with van der Waals surface area (Å²) in [7, 11) is -3.75. The van der Waals surface area contributed by atoms with Crippen molar-refractivity contribution in [2.45, 2.75) is 74.9 Å². The summed E-state index contributed by atoms with van der Waals surface area (Å²) in [5, 5.41) is 11.3. The van der Waals surface area contributed by atoms with Crippen LogP contribution in [0.25, 0.3) is 0 Å². The van der Waals surface area contributed by atoms with Gasteiger partial charge in [-0.15, -0.1) is 0 Å². The highest BCUT2D eigenvalue weighted by molar-refractivity contribution is 7.89. The molecule has 3 fully saturated rings. The van der Waals surface area contributed by atoms with Gasteiger partial charge in [-0.05, 0) is 44.6 Å². The minimum atomic E-state index is -3.75. The van der Waals surface area contributed by atoms with Gasteiger partial charge in [0.2, 0.25) is 10.0 Å². The summed E-state index contributed by atoms with van der Waals surface area (Å²) in [5.41, 5.74) is 0.385. The second-order valence-electron chi connectivity index (χ2n) is 8.60. The minimum absolute atomic E-state index is 0.0604. The molecule has 30 heavy (non-hydrogen) atoms. The Labute approximate surface area is 178 Å². The summed E-state index contributed by atoms with van der Waals surface area (Å²) in [5.74, 6) is 0. The van der Waals surface area contributed by atoms with E-state index in [1.165, 1.54) is 35.7 Å². The van der Waals surface area contributed by atoms with E-state index in [1.807, 2.05) is 4.90 Å². The molecule has 9 heteroatoms. The fourth-order valence-corrected chi connectivity index (χ4v) is 6.61. The van der Waals surface area contributed by atoms with Crippen LogP contribution in [-0.4, -0.2) is 56.0 Å². The summed E-state index contributed by atoms with van der Waals surface area (Å²) in [6.07, 6.45) is 9.97. The first-order valence-corrected chi connectivity index (χ1v) is 12.6. The van der Waals surface area contributed by atoms with E-state index in [0.717, 1.165) is 38.5 Å². The molecule has 3 aliphatic rings. The molecule has 0 atom stereocenters. The molecular weight excluding hydrogens is 406 g/mol. The van der Waals surface area contributed by atoms with Crippen LogP contribution in [0.3, 0.4) is 0 Å². The Kier molecular flexibility index (Phi) is 6.60. The Morgan fingerprint density at radius 1 is 0.900 bits per heavy atom. The molecule has 0 aromatic heterocycles. The number of nitro groups is 1. The van der Waals surface area contributed by atoms with Gasteiger partial charge in [0.1, 0.15) is 4.90 Å². The molecule has 2 aliphatic heterocycles. The van der Waals surface area contributed by atoms with Crippen molar-refractivity contribution in [3.8, 4) is 0 Å². The molecule has 1 aromatic rings. The van der Waals surface area contributed by atoms with Gasteiger partial charge in [-0.1, -0.05) is 19.3 Å². The molecule has 1 aromatic carbocycles. The van der Waals surface area contributed by atoms with E-state index in [1.54, 1.807) is 6.07 Å². The SMILES string of the molecule is O=[N+]([O-])c1ccc(N2CCC(OC3CCCCC3)CC2)c(S(=O)(=O)N2CCCC2)c1. The van der Waals surface area contributed by atoms with Crippen LogP contribution in [0, 0.1) is 10.1 Å². The number of anilines is 1. The zero-order valence-corrected chi connectivity index (χ0v) is 18.2. The number of ether oxygens (including phenoxy) is 1. The van der Waals surface area contributed by atoms with Crippen LogP contribution in [0.5, 0.6) is 0 Å². The monoisotopic (exact) mass is 437 g/mol. The fourth-order valence-electron chi connectivity index (χ4n) is 4.86. The number of non-ortho nitro benzene ring substituents is 1. The molecule has 1 aliphatic carbocycles. The van der Waals surface area contributed by atoms with E-state index in [0.29, 0.717) is 38.0 Å². The van der Waals surface area contributed by atoms with Crippen LogP contribution in [-0.2, 0) is 14.8 Å². The van der Waals surface area contributed by atoms with Crippen LogP contribution < -0.4 is 4.90 Å². The molecule has 0 bridgehead atoms. The standard InChI is InChI=1S/C21H31N3O5S/c25-24(26)17-8-9-20(21(16-17)30(27,28)23-12-4-5-13-23)22-14-10-19(11-15-22)29-18-6-2-1-3-7-18/h8-9,16,18-19H,1-7,10-15H2. The molecule has 0 N–H and O–H groups in total. The van der Waals surface area contributed by atoms with Crippen molar-refractivity contribution in [1.82, 2.24) is 4.31 Å². The van der Waals surface area contributed by atoms with Crippen LogP contribution in [0.1, 0.15) is 57.8 Å². The first kappa shape index (κ1) is 21.5. The molecule has 1 saturated carbocycles. The second kappa shape index (κ2) is 9.20. The van der Waals surface area contributed by atoms with E-state index in [9.17, 15) is 18.5 Å². The predicted octanol–water partition coefficient (Wildman–Crippen LogP) is 3.70. The number of piperidine rings is 1. The van der Waals surface area contributed by atoms with Crippen LogP contribution >= 0.6 is 0 Å². The Balaban J connectivity index is 1.51. The number of nitrogens with zero attached hydrogens (tertiary/aromatic N) is 3. The van der Waals surface area contributed by atoms with E-state index >= 15 is 0 Å². The fraction of sp³-hybridized carbons (Fsp3) is 0.714. The maximum Gasteiger partial charge on any atom is 0.270 e. The van der Waals surface area contributed by atoms with Crippen molar-refractivity contribution in [2.24, 2.45) is 0 Å². The molecule has 0 amide bonds. The minimum Gasteiger partial charge on any atom is -0.375 e. The summed E-state index contributed by atoms with van der Waals surface area (Å²) >= 11 is 0. The van der Waals surface area contributed by atoms with Gasteiger partial charge >= 0.3 is 0 Å². The topological polar surface area (TPSA) is 93.0 Å². The van der Waals surface area contributed by atoms with Crippen molar-refractivity contribution < 1.29 is 18.1 Å². The van der Waals surface area contributed by atoms with Gasteiger partial charge in [-0.25, -0.2) is 8.42 Å². The third kappa shape index (κ3) is 4.63. The first-order chi connectivity index (χ1) is 14.4. The summed E-state index contributed by atoms with van der Waals surface area (Å²) in [4.78, 5) is 12.9. The average Bonchev–Trinajstić information content (AvgIpc) is 3.30. The smallest absolute Gasteiger partial charge is 0.270 e. The molecule has 0 radical (unpaired) electrons. The van der Waals surface area contributed by atoms with E-state index in [-0.39, 0.29) is 16.7 Å². The number of nitro benzene ring substituents is 1. The summed E-state index contributed by atoms with van der Waals surface area (Å²) in [6.45, 7) is 2.33. The van der Waals surface area contributed by atoms with Crippen molar-refractivity contribution in [3.05, 3.63) is 28.3 Å². The highest BCUT2D eigenvalue weighted by Crippen LogP contribution is 2.35. The van der Waals surface area contributed by atoms with Crippen LogP contribution in [0.4, 0.5) is 11.4 Å². The highest BCUT2D eigenvalue weighted by atomic mass is 32.2. The second-order valence-corrected chi connectivity index (χ2v) is 10.5. The third-order valence-corrected chi connectivity index (χ3v) is 8.48. The lowest BCUT2D eigenvalue weighted by atomic mass is 9.97. The van der Waals surface area contributed by atoms with Gasteiger partial charge in [-0.2, -0.15) is 4.31 Å². The van der Waals surface area contributed by atoms with E-state index < -0.39 is 14.9 Å². The van der Waals surface area contributed by atoms with Gasteiger partial charge in [0.15, 0.2) is 0 Å². The number of hydrogen-bond acceptors (Lipinski definition) is 6. The summed E-state index contributed by atoms with van der Waals surface area (Å²) in [6, 6.07) is 4.24. The van der Waals surface area contributed by atoms with E-state index in [2.05, 4.69) is 0 Å². The first-order valence-electron chi connectivity index (χ1n) is 11.1. The molecule has 0 unspecified atom stereocenters. The van der Waals surface area contributed by atoms with Crippen molar-refractivity contribution >= 4 is 21.4 Å². The average molecular weight is 438 g/mol. The zero-order valence-electron chi connectivity index (χ0n) is 17.4. The molecule has 166 valence electrons. The third-order valence-electron chi connectivity index (χ3n) is 6.56. The van der Waals surface area contributed by atoms with Crippen molar-refractivity contribution in [2.75, 3.05) is 31.1 Å². The maximum absolute atomic E-state index is 13.3. The number of sulfonamides is 1.